The first kappa shape index (κ1) is 16.8. The predicted molar refractivity (Wildman–Crippen MR) is 62.7 cm³/mol. The Labute approximate surface area is 114 Å². The van der Waals surface area contributed by atoms with Crippen molar-refractivity contribution in [3.63, 3.8) is 0 Å². The molecule has 1 aliphatic carbocycles. The zero-order valence-corrected chi connectivity index (χ0v) is 11.8. The fraction of sp³-hybridized carbons (Fsp3) is 0.727. The first-order chi connectivity index (χ1) is 9.02. The van der Waals surface area contributed by atoms with Gasteiger partial charge in [0.2, 0.25) is 0 Å². The summed E-state index contributed by atoms with van der Waals surface area (Å²) in [7, 11) is -5.65. The van der Waals surface area contributed by atoms with Crippen LogP contribution in [-0.4, -0.2) is 26.5 Å². The third-order valence-corrected chi connectivity index (χ3v) is 3.97. The molecule has 0 radical (unpaired) electrons. The van der Waals surface area contributed by atoms with Crippen molar-refractivity contribution in [1.82, 2.24) is 0 Å². The number of hydrogen-bond acceptors (Lipinski definition) is 5. The summed E-state index contributed by atoms with van der Waals surface area (Å²) in [6.07, 6.45) is 1.33. The molecule has 0 unspecified atom stereocenters. The molecule has 0 aromatic heterocycles. The minimum atomic E-state index is -5.65. The maximum Gasteiger partial charge on any atom is 0.534 e. The molecule has 0 aromatic carbocycles. The number of allylic oxidation sites excluding steroid dienone is 2. The first-order valence-electron chi connectivity index (χ1n) is 5.89. The monoisotopic (exact) mass is 316 g/mol. The van der Waals surface area contributed by atoms with E-state index in [1.165, 1.54) is 6.08 Å². The molecule has 9 heteroatoms. The number of esters is 1. The molecule has 1 atom stereocenters. The molecule has 0 amide bonds. The van der Waals surface area contributed by atoms with E-state index in [0.29, 0.717) is 0 Å². The lowest BCUT2D eigenvalue weighted by Crippen LogP contribution is -2.32. The molecular weight excluding hydrogens is 301 g/mol. The third kappa shape index (κ3) is 3.65. The molecule has 0 spiro atoms. The Kier molecular flexibility index (Phi) is 4.73. The van der Waals surface area contributed by atoms with Gasteiger partial charge in [-0.25, -0.2) is 0 Å². The lowest BCUT2D eigenvalue weighted by molar-refractivity contribution is -0.155. The highest BCUT2D eigenvalue weighted by Crippen LogP contribution is 2.38. The number of ether oxygens (including phenoxy) is 1. The van der Waals surface area contributed by atoms with Gasteiger partial charge in [0, 0.05) is 6.42 Å². The lowest BCUT2D eigenvalue weighted by atomic mass is 9.78. The van der Waals surface area contributed by atoms with Crippen molar-refractivity contribution in [2.24, 2.45) is 5.41 Å². The van der Waals surface area contributed by atoms with Crippen LogP contribution in [0.5, 0.6) is 0 Å². The smallest absolute Gasteiger partial charge is 0.466 e. The van der Waals surface area contributed by atoms with Gasteiger partial charge in [0.15, 0.2) is 0 Å². The third-order valence-electron chi connectivity index (χ3n) is 2.97. The fourth-order valence-corrected chi connectivity index (χ4v) is 2.22. The summed E-state index contributed by atoms with van der Waals surface area (Å²) in [5.74, 6) is -0.766. The summed E-state index contributed by atoms with van der Waals surface area (Å²) in [6.45, 7) is 3.45. The van der Waals surface area contributed by atoms with Crippen molar-refractivity contribution in [2.45, 2.75) is 38.6 Å². The number of rotatable bonds is 4. The Morgan fingerprint density at radius 1 is 1.45 bits per heavy atom. The van der Waals surface area contributed by atoms with Gasteiger partial charge in [-0.3, -0.25) is 4.79 Å². The van der Waals surface area contributed by atoms with Crippen LogP contribution in [0.25, 0.3) is 0 Å². The van der Waals surface area contributed by atoms with Crippen molar-refractivity contribution in [3.05, 3.63) is 11.8 Å². The van der Waals surface area contributed by atoms with Crippen LogP contribution in [0.1, 0.15) is 33.1 Å². The summed E-state index contributed by atoms with van der Waals surface area (Å²) in [4.78, 5) is 11.7. The highest BCUT2D eigenvalue weighted by atomic mass is 32.2. The van der Waals surface area contributed by atoms with E-state index in [1.807, 2.05) is 0 Å². The van der Waals surface area contributed by atoms with Crippen molar-refractivity contribution in [2.75, 3.05) is 6.61 Å². The Bertz CT molecular complexity index is 509. The summed E-state index contributed by atoms with van der Waals surface area (Å²) in [6, 6.07) is 0. The largest absolute Gasteiger partial charge is 0.534 e. The van der Waals surface area contributed by atoms with Gasteiger partial charge in [0.05, 0.1) is 12.0 Å². The van der Waals surface area contributed by atoms with E-state index < -0.39 is 27.0 Å². The van der Waals surface area contributed by atoms with Crippen LogP contribution in [0.3, 0.4) is 0 Å². The maximum atomic E-state index is 12.2. The molecule has 0 heterocycles. The summed E-state index contributed by atoms with van der Waals surface area (Å²) >= 11 is 0. The van der Waals surface area contributed by atoms with Crippen LogP contribution in [0, 0.1) is 5.41 Å². The number of carbonyl (C=O) groups is 1. The molecule has 0 saturated heterocycles. The van der Waals surface area contributed by atoms with Crippen molar-refractivity contribution in [3.8, 4) is 0 Å². The number of hydrogen-bond donors (Lipinski definition) is 0. The van der Waals surface area contributed by atoms with Crippen molar-refractivity contribution < 1.29 is 35.3 Å². The molecule has 0 fully saturated rings. The molecule has 20 heavy (non-hydrogen) atoms. The molecule has 0 saturated carbocycles. The molecule has 0 bridgehead atoms. The van der Waals surface area contributed by atoms with E-state index >= 15 is 0 Å². The maximum absolute atomic E-state index is 12.2. The molecular formula is C11H15F3O5S. The van der Waals surface area contributed by atoms with Crippen molar-refractivity contribution >= 4 is 16.1 Å². The van der Waals surface area contributed by atoms with Gasteiger partial charge in [-0.1, -0.05) is 0 Å². The minimum Gasteiger partial charge on any atom is -0.466 e. The quantitative estimate of drug-likeness (QED) is 0.453. The van der Waals surface area contributed by atoms with E-state index in [2.05, 4.69) is 4.18 Å². The lowest BCUT2D eigenvalue weighted by Gasteiger charge is -2.29. The average molecular weight is 316 g/mol. The van der Waals surface area contributed by atoms with Crippen LogP contribution in [-0.2, 0) is 23.8 Å². The van der Waals surface area contributed by atoms with Crippen LogP contribution < -0.4 is 0 Å². The SMILES string of the molecule is CCOC(=O)[C@]1(C)CC=C(OS(=O)(=O)C(F)(F)F)CC1. The molecule has 116 valence electrons. The minimum absolute atomic E-state index is 0.0640. The van der Waals surface area contributed by atoms with E-state index in [1.54, 1.807) is 13.8 Å². The van der Waals surface area contributed by atoms with Gasteiger partial charge in [-0.05, 0) is 32.8 Å². The number of halogens is 3. The van der Waals surface area contributed by atoms with Gasteiger partial charge in [-0.2, -0.15) is 21.6 Å². The zero-order valence-electron chi connectivity index (χ0n) is 11.0. The first-order valence-corrected chi connectivity index (χ1v) is 7.30. The van der Waals surface area contributed by atoms with Crippen molar-refractivity contribution in [1.29, 1.82) is 0 Å². The van der Waals surface area contributed by atoms with Gasteiger partial charge in [-0.15, -0.1) is 0 Å². The van der Waals surface area contributed by atoms with Crippen LogP contribution >= 0.6 is 0 Å². The van der Waals surface area contributed by atoms with Gasteiger partial charge in [0.25, 0.3) is 0 Å². The molecule has 1 rings (SSSR count). The molecule has 0 N–H and O–H groups in total. The zero-order chi connectivity index (χ0) is 15.6. The molecule has 1 aliphatic rings. The predicted octanol–water partition coefficient (Wildman–Crippen LogP) is 2.49. The van der Waals surface area contributed by atoms with Crippen LogP contribution in [0.15, 0.2) is 11.8 Å². The average Bonchev–Trinajstić information content (AvgIpc) is 2.31. The topological polar surface area (TPSA) is 69.7 Å². The highest BCUT2D eigenvalue weighted by Gasteiger charge is 2.49. The van der Waals surface area contributed by atoms with Gasteiger partial charge in [0.1, 0.15) is 5.76 Å². The summed E-state index contributed by atoms with van der Waals surface area (Å²) in [5, 5.41) is 0. The Balaban J connectivity index is 2.77. The molecule has 0 aliphatic heterocycles. The second-order valence-electron chi connectivity index (χ2n) is 4.64. The molecule has 0 aromatic rings. The number of carbonyl (C=O) groups excluding carboxylic acids is 1. The number of alkyl halides is 3. The van der Waals surface area contributed by atoms with E-state index in [4.69, 9.17) is 4.74 Å². The van der Waals surface area contributed by atoms with Crippen LogP contribution in [0.2, 0.25) is 0 Å². The standard InChI is InChI=1S/C11H15F3O5S/c1-3-18-9(15)10(2)6-4-8(5-7-10)19-20(16,17)11(12,13)14/h4H,3,5-7H2,1-2H3/t10-/m1/s1. The van der Waals surface area contributed by atoms with Gasteiger partial charge < -0.3 is 8.92 Å². The van der Waals surface area contributed by atoms with Crippen LogP contribution in [0.4, 0.5) is 13.2 Å². The van der Waals surface area contributed by atoms with E-state index in [-0.39, 0.29) is 31.6 Å². The molecule has 5 nitrogen and oxygen atoms in total. The Morgan fingerprint density at radius 3 is 2.45 bits per heavy atom. The van der Waals surface area contributed by atoms with Gasteiger partial charge >= 0.3 is 21.6 Å². The second kappa shape index (κ2) is 5.63. The Hall–Kier alpha value is -1.25. The second-order valence-corrected chi connectivity index (χ2v) is 6.18. The highest BCUT2D eigenvalue weighted by molar-refractivity contribution is 7.87. The van der Waals surface area contributed by atoms with E-state index in [9.17, 15) is 26.4 Å². The fourth-order valence-electron chi connectivity index (χ4n) is 1.70. The Morgan fingerprint density at radius 2 is 2.05 bits per heavy atom. The summed E-state index contributed by atoms with van der Waals surface area (Å²) < 4.78 is 67.0. The summed E-state index contributed by atoms with van der Waals surface area (Å²) in [5.41, 5.74) is -6.33. The van der Waals surface area contributed by atoms with E-state index in [0.717, 1.165) is 0 Å². The normalized spacial score (nSPS) is 23.9.